The maximum absolute atomic E-state index is 5.57. The second-order valence-corrected chi connectivity index (χ2v) is 3.43. The maximum atomic E-state index is 5.57. The van der Waals surface area contributed by atoms with Gasteiger partial charge in [-0.3, -0.25) is 0 Å². The summed E-state index contributed by atoms with van der Waals surface area (Å²) >= 11 is 0. The van der Waals surface area contributed by atoms with Gasteiger partial charge in [-0.15, -0.1) is 0 Å². The van der Waals surface area contributed by atoms with Crippen molar-refractivity contribution in [3.8, 4) is 0 Å². The van der Waals surface area contributed by atoms with Gasteiger partial charge in [0.25, 0.3) is 0 Å². The van der Waals surface area contributed by atoms with Gasteiger partial charge in [-0.2, -0.15) is 0 Å². The minimum atomic E-state index is 0.321. The van der Waals surface area contributed by atoms with Crippen molar-refractivity contribution < 1.29 is 4.74 Å². The van der Waals surface area contributed by atoms with Gasteiger partial charge in [0.05, 0.1) is 12.7 Å². The molecule has 1 aliphatic heterocycles. The first kappa shape index (κ1) is 8.97. The average Bonchev–Trinajstić information content (AvgIpc) is 1.93. The second kappa shape index (κ2) is 4.04. The third kappa shape index (κ3) is 3.18. The van der Waals surface area contributed by atoms with Gasteiger partial charge < -0.3 is 9.64 Å². The number of rotatable bonds is 2. The summed E-state index contributed by atoms with van der Waals surface area (Å²) in [6.07, 6.45) is 0.321. The van der Waals surface area contributed by atoms with Gasteiger partial charge in [-0.05, 0) is 21.0 Å². The van der Waals surface area contributed by atoms with Crippen LogP contribution in [0.15, 0.2) is 0 Å². The van der Waals surface area contributed by atoms with E-state index in [-0.39, 0.29) is 0 Å². The lowest BCUT2D eigenvalue weighted by atomic mass is 10.2. The van der Waals surface area contributed by atoms with Crippen LogP contribution in [0.25, 0.3) is 0 Å². The largest absolute Gasteiger partial charge is 0.374 e. The van der Waals surface area contributed by atoms with E-state index in [1.54, 1.807) is 0 Å². The van der Waals surface area contributed by atoms with E-state index in [0.29, 0.717) is 12.1 Å². The highest BCUT2D eigenvalue weighted by molar-refractivity contribution is 4.73. The Morgan fingerprint density at radius 1 is 1.55 bits per heavy atom. The van der Waals surface area contributed by atoms with Crippen LogP contribution in [0.2, 0.25) is 0 Å². The predicted octanol–water partition coefficient (Wildman–Crippen LogP) is -0.0603. The van der Waals surface area contributed by atoms with Crippen molar-refractivity contribution in [2.45, 2.75) is 19.1 Å². The van der Waals surface area contributed by atoms with E-state index < -0.39 is 0 Å². The van der Waals surface area contributed by atoms with E-state index in [1.165, 1.54) is 0 Å². The lowest BCUT2D eigenvalue weighted by molar-refractivity contribution is -0.00616. The van der Waals surface area contributed by atoms with E-state index >= 15 is 0 Å². The van der Waals surface area contributed by atoms with Gasteiger partial charge in [0.1, 0.15) is 0 Å². The molecule has 1 aliphatic rings. The van der Waals surface area contributed by atoms with Crippen LogP contribution in [-0.4, -0.2) is 50.8 Å². The highest BCUT2D eigenvalue weighted by Gasteiger charge is 2.18. The first-order valence-corrected chi connectivity index (χ1v) is 4.11. The molecule has 3 heteroatoms. The molecule has 1 rings (SSSR count). The van der Waals surface area contributed by atoms with Crippen LogP contribution < -0.4 is 5.32 Å². The molecule has 0 amide bonds. The van der Waals surface area contributed by atoms with Crippen molar-refractivity contribution in [1.82, 2.24) is 10.2 Å². The molecule has 0 bridgehead atoms. The molecule has 2 atom stereocenters. The van der Waals surface area contributed by atoms with Gasteiger partial charge in [0, 0.05) is 19.1 Å². The van der Waals surface area contributed by atoms with Crippen LogP contribution in [-0.2, 0) is 4.74 Å². The first-order chi connectivity index (χ1) is 5.18. The molecular formula is C8H17N2O. The van der Waals surface area contributed by atoms with Gasteiger partial charge in [-0.1, -0.05) is 0 Å². The van der Waals surface area contributed by atoms with E-state index in [4.69, 9.17) is 4.74 Å². The SMILES string of the molecule is CC1COC(CN(C)C)C[N]1. The highest BCUT2D eigenvalue weighted by atomic mass is 16.5. The van der Waals surface area contributed by atoms with Crippen molar-refractivity contribution in [3.05, 3.63) is 0 Å². The van der Waals surface area contributed by atoms with Crippen molar-refractivity contribution in [1.29, 1.82) is 0 Å². The number of hydrogen-bond donors (Lipinski definition) is 0. The number of likely N-dealkylation sites (N-methyl/N-ethyl adjacent to an activating group) is 1. The second-order valence-electron chi connectivity index (χ2n) is 3.43. The molecule has 3 nitrogen and oxygen atoms in total. The van der Waals surface area contributed by atoms with Gasteiger partial charge in [0.2, 0.25) is 0 Å². The Bertz CT molecular complexity index is 109. The van der Waals surface area contributed by atoms with Gasteiger partial charge >= 0.3 is 0 Å². The van der Waals surface area contributed by atoms with E-state index in [1.807, 2.05) is 0 Å². The molecule has 2 unspecified atom stereocenters. The Balaban J connectivity index is 2.17. The molecule has 0 aromatic rings. The Hall–Kier alpha value is -0.120. The van der Waals surface area contributed by atoms with Crippen LogP contribution in [0.1, 0.15) is 6.92 Å². The summed E-state index contributed by atoms with van der Waals surface area (Å²) in [7, 11) is 4.11. The Labute approximate surface area is 68.7 Å². The molecule has 0 aromatic carbocycles. The molecule has 11 heavy (non-hydrogen) atoms. The summed E-state index contributed by atoms with van der Waals surface area (Å²) in [5, 5.41) is 4.41. The zero-order valence-corrected chi connectivity index (χ0v) is 7.58. The lowest BCUT2D eigenvalue weighted by Gasteiger charge is -2.28. The fourth-order valence-corrected chi connectivity index (χ4v) is 1.20. The Morgan fingerprint density at radius 2 is 2.27 bits per heavy atom. The maximum Gasteiger partial charge on any atom is 0.0843 e. The summed E-state index contributed by atoms with van der Waals surface area (Å²) < 4.78 is 5.57. The summed E-state index contributed by atoms with van der Waals surface area (Å²) in [5.41, 5.74) is 0. The monoisotopic (exact) mass is 157 g/mol. The van der Waals surface area contributed by atoms with E-state index in [9.17, 15) is 0 Å². The van der Waals surface area contributed by atoms with E-state index in [2.05, 4.69) is 31.2 Å². The van der Waals surface area contributed by atoms with Crippen LogP contribution in [0.4, 0.5) is 0 Å². The average molecular weight is 157 g/mol. The first-order valence-electron chi connectivity index (χ1n) is 4.11. The fourth-order valence-electron chi connectivity index (χ4n) is 1.20. The zero-order valence-electron chi connectivity index (χ0n) is 7.58. The Kier molecular flexibility index (Phi) is 3.30. The minimum absolute atomic E-state index is 0.321. The number of morpholine rings is 1. The van der Waals surface area contributed by atoms with Gasteiger partial charge in [-0.25, -0.2) is 5.32 Å². The molecule has 1 saturated heterocycles. The number of nitrogens with zero attached hydrogens (tertiary/aromatic N) is 2. The van der Waals surface area contributed by atoms with Gasteiger partial charge in [0.15, 0.2) is 0 Å². The number of hydrogen-bond acceptors (Lipinski definition) is 2. The van der Waals surface area contributed by atoms with Crippen molar-refractivity contribution in [3.63, 3.8) is 0 Å². The third-order valence-electron chi connectivity index (χ3n) is 1.76. The standard InChI is InChI=1S/C8H17N2O/c1-7-6-11-8(4-9-7)5-10(2)3/h7-8H,4-6H2,1-3H3. The van der Waals surface area contributed by atoms with E-state index in [0.717, 1.165) is 19.7 Å². The Morgan fingerprint density at radius 3 is 2.73 bits per heavy atom. The minimum Gasteiger partial charge on any atom is -0.374 e. The highest BCUT2D eigenvalue weighted by Crippen LogP contribution is 2.02. The summed E-state index contributed by atoms with van der Waals surface area (Å²) in [5.74, 6) is 0. The quantitative estimate of drug-likeness (QED) is 0.561. The molecule has 0 saturated carbocycles. The molecule has 1 heterocycles. The zero-order chi connectivity index (χ0) is 8.27. The molecule has 0 N–H and O–H groups in total. The summed E-state index contributed by atoms with van der Waals surface area (Å²) in [6.45, 7) is 4.72. The fraction of sp³-hybridized carbons (Fsp3) is 1.00. The molecule has 0 aromatic heterocycles. The molecule has 0 spiro atoms. The molecule has 65 valence electrons. The molecule has 1 fully saturated rings. The topological polar surface area (TPSA) is 26.6 Å². The van der Waals surface area contributed by atoms with Crippen molar-refractivity contribution >= 4 is 0 Å². The van der Waals surface area contributed by atoms with Crippen molar-refractivity contribution in [2.75, 3.05) is 33.8 Å². The van der Waals surface area contributed by atoms with Crippen LogP contribution >= 0.6 is 0 Å². The van der Waals surface area contributed by atoms with Crippen LogP contribution in [0.5, 0.6) is 0 Å². The smallest absolute Gasteiger partial charge is 0.0843 e. The normalized spacial score (nSPS) is 32.7. The number of ether oxygens (including phenoxy) is 1. The van der Waals surface area contributed by atoms with Crippen LogP contribution in [0.3, 0.4) is 0 Å². The predicted molar refractivity (Wildman–Crippen MR) is 44.8 cm³/mol. The molecule has 1 radical (unpaired) electrons. The third-order valence-corrected chi connectivity index (χ3v) is 1.76. The summed E-state index contributed by atoms with van der Waals surface area (Å²) in [6, 6.07) is 0.397. The van der Waals surface area contributed by atoms with Crippen LogP contribution in [0, 0.1) is 0 Å². The molecular weight excluding hydrogens is 140 g/mol. The lowest BCUT2D eigenvalue weighted by Crippen LogP contribution is -2.44. The summed E-state index contributed by atoms with van der Waals surface area (Å²) in [4.78, 5) is 2.14. The van der Waals surface area contributed by atoms with Crippen molar-refractivity contribution in [2.24, 2.45) is 0 Å². The molecule has 0 aliphatic carbocycles.